The number of aryl methyl sites for hydroxylation is 1. The first-order valence-corrected chi connectivity index (χ1v) is 6.02. The minimum atomic E-state index is 0.109. The maximum atomic E-state index is 11.6. The summed E-state index contributed by atoms with van der Waals surface area (Å²) in [5.74, 6) is 0. The van der Waals surface area contributed by atoms with Crippen molar-refractivity contribution < 1.29 is 0 Å². The quantitative estimate of drug-likeness (QED) is 0.798. The molecular formula is C13H22N2O. The number of nitrogens with one attached hydrogen (secondary N) is 1. The molecule has 1 aromatic rings. The molecule has 1 unspecified atom stereocenters. The lowest BCUT2D eigenvalue weighted by atomic mass is 10.1. The van der Waals surface area contributed by atoms with E-state index in [1.165, 1.54) is 0 Å². The zero-order chi connectivity index (χ0) is 12.0. The lowest BCUT2D eigenvalue weighted by Crippen LogP contribution is -2.26. The van der Waals surface area contributed by atoms with Gasteiger partial charge in [-0.2, -0.15) is 0 Å². The van der Waals surface area contributed by atoms with Crippen LogP contribution in [0.4, 0.5) is 0 Å². The zero-order valence-corrected chi connectivity index (χ0v) is 10.5. The molecule has 0 aromatic carbocycles. The molecule has 16 heavy (non-hydrogen) atoms. The third-order valence-corrected chi connectivity index (χ3v) is 3.10. The Morgan fingerprint density at radius 1 is 1.44 bits per heavy atom. The third kappa shape index (κ3) is 3.49. The third-order valence-electron chi connectivity index (χ3n) is 3.10. The molecule has 0 aliphatic rings. The van der Waals surface area contributed by atoms with Gasteiger partial charge in [0.15, 0.2) is 0 Å². The molecule has 1 atom stereocenters. The topological polar surface area (TPSA) is 34.0 Å². The Kier molecular flexibility index (Phi) is 5.26. The van der Waals surface area contributed by atoms with Crippen molar-refractivity contribution in [3.8, 4) is 0 Å². The van der Waals surface area contributed by atoms with Gasteiger partial charge in [0.1, 0.15) is 0 Å². The average molecular weight is 222 g/mol. The maximum absolute atomic E-state index is 11.6. The van der Waals surface area contributed by atoms with E-state index in [0.717, 1.165) is 31.5 Å². The van der Waals surface area contributed by atoms with Crippen LogP contribution in [-0.4, -0.2) is 17.7 Å². The summed E-state index contributed by atoms with van der Waals surface area (Å²) in [5.41, 5.74) is 1.16. The van der Waals surface area contributed by atoms with Crippen LogP contribution in [0, 0.1) is 6.92 Å². The van der Waals surface area contributed by atoms with E-state index < -0.39 is 0 Å². The van der Waals surface area contributed by atoms with Gasteiger partial charge in [0.2, 0.25) is 0 Å². The second-order valence-corrected chi connectivity index (χ2v) is 4.19. The van der Waals surface area contributed by atoms with Crippen molar-refractivity contribution in [1.29, 1.82) is 0 Å². The molecule has 1 heterocycles. The van der Waals surface area contributed by atoms with Crippen molar-refractivity contribution >= 4 is 0 Å². The molecule has 1 N–H and O–H groups in total. The van der Waals surface area contributed by atoms with Crippen LogP contribution < -0.4 is 10.9 Å². The molecule has 0 saturated heterocycles. The average Bonchev–Trinajstić information content (AvgIpc) is 2.28. The van der Waals surface area contributed by atoms with Crippen molar-refractivity contribution in [3.05, 3.63) is 34.2 Å². The standard InChI is InChI=1S/C13H22N2O/c1-4-12(14-3)8-6-10-15-11(2)7-5-9-13(15)16/h5,7,9,12,14H,4,6,8,10H2,1-3H3. The summed E-state index contributed by atoms with van der Waals surface area (Å²) < 4.78 is 1.85. The van der Waals surface area contributed by atoms with Crippen molar-refractivity contribution in [2.45, 2.75) is 45.7 Å². The number of pyridine rings is 1. The van der Waals surface area contributed by atoms with Gasteiger partial charge in [-0.3, -0.25) is 4.79 Å². The van der Waals surface area contributed by atoms with E-state index in [1.54, 1.807) is 6.07 Å². The first-order valence-electron chi connectivity index (χ1n) is 6.02. The van der Waals surface area contributed by atoms with E-state index in [-0.39, 0.29) is 5.56 Å². The van der Waals surface area contributed by atoms with Crippen LogP contribution in [0.15, 0.2) is 23.0 Å². The summed E-state index contributed by atoms with van der Waals surface area (Å²) in [5, 5.41) is 3.28. The molecule has 0 bridgehead atoms. The van der Waals surface area contributed by atoms with Crippen LogP contribution in [0.3, 0.4) is 0 Å². The predicted octanol–water partition coefficient (Wildman–Crippen LogP) is 1.93. The van der Waals surface area contributed by atoms with Gasteiger partial charge in [0.25, 0.3) is 5.56 Å². The summed E-state index contributed by atoms with van der Waals surface area (Å²) >= 11 is 0. The Labute approximate surface area is 97.5 Å². The summed E-state index contributed by atoms with van der Waals surface area (Å²) in [6.45, 7) is 4.99. The van der Waals surface area contributed by atoms with Crippen LogP contribution in [0.25, 0.3) is 0 Å². The number of hydrogen-bond donors (Lipinski definition) is 1. The van der Waals surface area contributed by atoms with Gasteiger partial charge in [-0.05, 0) is 39.3 Å². The van der Waals surface area contributed by atoms with E-state index >= 15 is 0 Å². The lowest BCUT2D eigenvalue weighted by Gasteiger charge is -2.14. The van der Waals surface area contributed by atoms with E-state index in [1.807, 2.05) is 30.7 Å². The summed E-state index contributed by atoms with van der Waals surface area (Å²) in [4.78, 5) is 11.6. The Balaban J connectivity index is 2.52. The van der Waals surface area contributed by atoms with Gasteiger partial charge < -0.3 is 9.88 Å². The smallest absolute Gasteiger partial charge is 0.250 e. The molecule has 0 spiro atoms. The molecule has 3 heteroatoms. The molecule has 90 valence electrons. The Morgan fingerprint density at radius 3 is 2.75 bits per heavy atom. The number of nitrogens with zero attached hydrogens (tertiary/aromatic N) is 1. The Bertz CT molecular complexity index is 366. The highest BCUT2D eigenvalue weighted by Gasteiger charge is 2.04. The minimum Gasteiger partial charge on any atom is -0.317 e. The molecule has 0 aliphatic carbocycles. The molecule has 3 nitrogen and oxygen atoms in total. The maximum Gasteiger partial charge on any atom is 0.250 e. The molecule has 0 amide bonds. The van der Waals surface area contributed by atoms with Gasteiger partial charge in [-0.1, -0.05) is 13.0 Å². The Hall–Kier alpha value is -1.09. The van der Waals surface area contributed by atoms with Crippen molar-refractivity contribution in [2.24, 2.45) is 0 Å². The second kappa shape index (κ2) is 6.48. The molecule has 1 rings (SSSR count). The molecule has 0 fully saturated rings. The first kappa shape index (κ1) is 13.0. The molecule has 0 radical (unpaired) electrons. The normalized spacial score (nSPS) is 12.7. The molecule has 1 aromatic heterocycles. The fraction of sp³-hybridized carbons (Fsp3) is 0.615. The van der Waals surface area contributed by atoms with Gasteiger partial charge >= 0.3 is 0 Å². The van der Waals surface area contributed by atoms with Crippen molar-refractivity contribution in [2.75, 3.05) is 7.05 Å². The van der Waals surface area contributed by atoms with E-state index in [2.05, 4.69) is 12.2 Å². The highest BCUT2D eigenvalue weighted by atomic mass is 16.1. The fourth-order valence-corrected chi connectivity index (χ4v) is 1.96. The molecule has 0 saturated carbocycles. The second-order valence-electron chi connectivity index (χ2n) is 4.19. The summed E-state index contributed by atoms with van der Waals surface area (Å²) in [6, 6.07) is 6.00. The van der Waals surface area contributed by atoms with Gasteiger partial charge in [-0.15, -0.1) is 0 Å². The number of hydrogen-bond acceptors (Lipinski definition) is 2. The monoisotopic (exact) mass is 222 g/mol. The van der Waals surface area contributed by atoms with E-state index in [9.17, 15) is 4.79 Å². The number of aromatic nitrogens is 1. The fourth-order valence-electron chi connectivity index (χ4n) is 1.96. The largest absolute Gasteiger partial charge is 0.317 e. The van der Waals surface area contributed by atoms with Gasteiger partial charge in [0.05, 0.1) is 0 Å². The predicted molar refractivity (Wildman–Crippen MR) is 67.8 cm³/mol. The van der Waals surface area contributed by atoms with Crippen LogP contribution in [0.2, 0.25) is 0 Å². The van der Waals surface area contributed by atoms with E-state index in [0.29, 0.717) is 6.04 Å². The lowest BCUT2D eigenvalue weighted by molar-refractivity contribution is 0.463. The van der Waals surface area contributed by atoms with Crippen LogP contribution in [-0.2, 0) is 6.54 Å². The van der Waals surface area contributed by atoms with Crippen LogP contribution in [0.1, 0.15) is 31.9 Å². The Morgan fingerprint density at radius 2 is 2.19 bits per heavy atom. The molecule has 0 aliphatic heterocycles. The highest BCUT2D eigenvalue weighted by molar-refractivity contribution is 5.04. The van der Waals surface area contributed by atoms with Crippen molar-refractivity contribution in [1.82, 2.24) is 9.88 Å². The first-order chi connectivity index (χ1) is 7.69. The van der Waals surface area contributed by atoms with E-state index in [4.69, 9.17) is 0 Å². The minimum absolute atomic E-state index is 0.109. The highest BCUT2D eigenvalue weighted by Crippen LogP contribution is 2.03. The van der Waals surface area contributed by atoms with Gasteiger partial charge in [0, 0.05) is 24.3 Å². The van der Waals surface area contributed by atoms with Gasteiger partial charge in [-0.25, -0.2) is 0 Å². The summed E-state index contributed by atoms with van der Waals surface area (Å²) in [7, 11) is 1.99. The zero-order valence-electron chi connectivity index (χ0n) is 10.5. The SMILES string of the molecule is CCC(CCCn1c(C)cccc1=O)NC. The van der Waals surface area contributed by atoms with Crippen LogP contribution >= 0.6 is 0 Å². The van der Waals surface area contributed by atoms with Crippen molar-refractivity contribution in [3.63, 3.8) is 0 Å². The van der Waals surface area contributed by atoms with Crippen LogP contribution in [0.5, 0.6) is 0 Å². The number of rotatable bonds is 6. The summed E-state index contributed by atoms with van der Waals surface area (Å²) in [6.07, 6.45) is 3.30. The molecular weight excluding hydrogens is 200 g/mol.